The molecule has 8 rings (SSSR count). The van der Waals surface area contributed by atoms with Crippen molar-refractivity contribution in [3.8, 4) is 5.75 Å². The monoisotopic (exact) mass is 1090 g/mol. The molecule has 4 saturated carbocycles. The van der Waals surface area contributed by atoms with Crippen LogP contribution in [-0.2, 0) is 50.8 Å². The van der Waals surface area contributed by atoms with Crippen molar-refractivity contribution in [1.29, 1.82) is 0 Å². The fourth-order valence-corrected chi connectivity index (χ4v) is 15.0. The maximum Gasteiger partial charge on any atom is 0.524 e. The maximum atomic E-state index is 15.0. The predicted molar refractivity (Wildman–Crippen MR) is 290 cm³/mol. The molecule has 426 valence electrons. The van der Waals surface area contributed by atoms with E-state index in [1.165, 1.54) is 11.6 Å². The van der Waals surface area contributed by atoms with E-state index in [-0.39, 0.29) is 54.9 Å². The van der Waals surface area contributed by atoms with Crippen LogP contribution in [0.1, 0.15) is 147 Å². The molecule has 16 nitrogen and oxygen atoms in total. The number of quaternary nitrogens is 1. The molecule has 5 aliphatic carbocycles. The van der Waals surface area contributed by atoms with Crippen LogP contribution in [0.3, 0.4) is 0 Å². The summed E-state index contributed by atoms with van der Waals surface area (Å²) in [5.74, 6) is -0.448. The van der Waals surface area contributed by atoms with Gasteiger partial charge in [0.2, 0.25) is 5.78 Å². The minimum Gasteiger partial charge on any atom is -0.428 e. The number of carbonyl (C=O) groups is 3. The topological polar surface area (TPSA) is 217 Å². The van der Waals surface area contributed by atoms with E-state index in [0.717, 1.165) is 115 Å². The number of ketones is 2. The summed E-state index contributed by atoms with van der Waals surface area (Å²) in [6.45, 7) is 11.6. The van der Waals surface area contributed by atoms with Crippen molar-refractivity contribution in [1.82, 2.24) is 5.32 Å². The van der Waals surface area contributed by atoms with E-state index in [1.807, 2.05) is 26.0 Å². The maximum absolute atomic E-state index is 15.0. The second kappa shape index (κ2) is 26.2. The van der Waals surface area contributed by atoms with E-state index in [0.29, 0.717) is 48.1 Å². The Morgan fingerprint density at radius 3 is 2.40 bits per heavy atom. The van der Waals surface area contributed by atoms with Gasteiger partial charge < -0.3 is 48.2 Å². The number of allylic oxidation sites excluding steroid dienone is 4. The molecule has 1 unspecified atom stereocenters. The molecule has 5 N–H and O–H groups in total. The lowest BCUT2D eigenvalue weighted by Gasteiger charge is -2.59. The highest BCUT2D eigenvalue weighted by molar-refractivity contribution is 7.46. The normalized spacial score (nSPS) is 29.5. The molecule has 0 spiro atoms. The third-order valence-electron chi connectivity index (χ3n) is 18.9. The smallest absolute Gasteiger partial charge is 0.428 e. The lowest BCUT2D eigenvalue weighted by Crippen LogP contribution is -2.63. The van der Waals surface area contributed by atoms with Gasteiger partial charge in [-0.3, -0.25) is 19.4 Å². The van der Waals surface area contributed by atoms with Crippen molar-refractivity contribution in [2.24, 2.45) is 34.5 Å². The van der Waals surface area contributed by atoms with Crippen LogP contribution in [0.25, 0.3) is 0 Å². The van der Waals surface area contributed by atoms with Gasteiger partial charge in [0, 0.05) is 48.0 Å². The van der Waals surface area contributed by atoms with Gasteiger partial charge in [0.05, 0.1) is 31.4 Å². The number of aliphatic hydroxyl groups excluding tert-OH is 2. The molecule has 0 bridgehead atoms. The average Bonchev–Trinajstić information content (AvgIpc) is 3.89. The van der Waals surface area contributed by atoms with Crippen molar-refractivity contribution in [3.05, 3.63) is 89.0 Å². The molecule has 77 heavy (non-hydrogen) atoms. The number of nitrogens with zero attached hydrogens (tertiary/aromatic N) is 1. The summed E-state index contributed by atoms with van der Waals surface area (Å²) in [7, 11) is -4.94. The SMILES string of the molecule is CC[N+](CC)(CCOC(=O)OCC(=O)[C@@]12O[C@H](C3CCCCC3)O[C@@H]1C[C@H]1[C@@H]3CCC4=CC(=O)C=C[C@]4(C)[C@H]3[C@@H](O)C[C@@]12C)Cc1cc(C(O)CNCCCCCCOCCCCc2ccccc2)ccc1OP(=O)(O)O. The van der Waals surface area contributed by atoms with Gasteiger partial charge >= 0.3 is 14.0 Å². The summed E-state index contributed by atoms with van der Waals surface area (Å²) >= 11 is 0. The second-order valence-electron chi connectivity index (χ2n) is 23.5. The van der Waals surface area contributed by atoms with E-state index in [2.05, 4.69) is 43.4 Å². The van der Waals surface area contributed by atoms with Crippen molar-refractivity contribution in [2.75, 3.05) is 59.2 Å². The molecule has 5 fully saturated rings. The Bertz CT molecular complexity index is 2420. The molecule has 1 heterocycles. The van der Waals surface area contributed by atoms with Crippen LogP contribution in [0.2, 0.25) is 0 Å². The average molecular weight is 1090 g/mol. The zero-order valence-corrected chi connectivity index (χ0v) is 47.0. The van der Waals surface area contributed by atoms with E-state index < -0.39 is 67.4 Å². The number of hydrogen-bond acceptors (Lipinski definition) is 13. The van der Waals surface area contributed by atoms with Crippen LogP contribution < -0.4 is 9.84 Å². The van der Waals surface area contributed by atoms with Crippen LogP contribution >= 0.6 is 7.82 Å². The van der Waals surface area contributed by atoms with Crippen LogP contribution in [0.15, 0.2) is 72.3 Å². The molecule has 1 saturated heterocycles. The number of nitrogens with one attached hydrogen (secondary N) is 1. The third-order valence-corrected chi connectivity index (χ3v) is 19.4. The van der Waals surface area contributed by atoms with Crippen LogP contribution in [0.5, 0.6) is 5.75 Å². The number of carbonyl (C=O) groups excluding carboxylic acids is 3. The second-order valence-corrected chi connectivity index (χ2v) is 24.7. The summed E-state index contributed by atoms with van der Waals surface area (Å²) in [5, 5.41) is 26.8. The van der Waals surface area contributed by atoms with E-state index in [1.54, 1.807) is 24.3 Å². The number of aliphatic hydroxyl groups is 2. The molecule has 0 radical (unpaired) electrons. The first-order valence-corrected chi connectivity index (χ1v) is 30.5. The zero-order valence-electron chi connectivity index (χ0n) is 46.1. The Morgan fingerprint density at radius 2 is 1.66 bits per heavy atom. The van der Waals surface area contributed by atoms with Gasteiger partial charge in [-0.1, -0.05) is 94.0 Å². The Hall–Kier alpha value is -3.80. The molecule has 1 aliphatic heterocycles. The minimum atomic E-state index is -4.94. The number of hydrogen-bond donors (Lipinski definition) is 5. The Labute approximate surface area is 456 Å². The number of phosphoric acid groups is 1. The summed E-state index contributed by atoms with van der Waals surface area (Å²) in [5.41, 5.74) is 0.676. The summed E-state index contributed by atoms with van der Waals surface area (Å²) in [4.78, 5) is 60.6. The fourth-order valence-electron chi connectivity index (χ4n) is 14.6. The number of ether oxygens (including phenoxy) is 5. The number of aryl methyl sites for hydroxylation is 1. The highest BCUT2D eigenvalue weighted by Gasteiger charge is 2.76. The number of likely N-dealkylation sites (N-methyl/N-ethyl adjacent to an activating group) is 1. The number of phosphoric ester groups is 1. The van der Waals surface area contributed by atoms with Gasteiger partial charge in [0.1, 0.15) is 25.4 Å². The van der Waals surface area contributed by atoms with Crippen LogP contribution in [0, 0.1) is 34.5 Å². The Morgan fingerprint density at radius 1 is 0.922 bits per heavy atom. The summed E-state index contributed by atoms with van der Waals surface area (Å²) < 4.78 is 48.7. The zero-order chi connectivity index (χ0) is 54.9. The van der Waals surface area contributed by atoms with E-state index >= 15 is 0 Å². The van der Waals surface area contributed by atoms with Crippen molar-refractivity contribution in [2.45, 2.75) is 167 Å². The largest absolute Gasteiger partial charge is 0.524 e. The van der Waals surface area contributed by atoms with Crippen molar-refractivity contribution >= 4 is 25.5 Å². The summed E-state index contributed by atoms with van der Waals surface area (Å²) in [6.07, 6.45) is 16.2. The number of fused-ring (bicyclic) bond motifs is 7. The van der Waals surface area contributed by atoms with E-state index in [9.17, 15) is 38.9 Å². The minimum absolute atomic E-state index is 0.00592. The molecule has 2 aromatic carbocycles. The lowest BCUT2D eigenvalue weighted by molar-refractivity contribution is -0.937. The summed E-state index contributed by atoms with van der Waals surface area (Å²) in [6, 6.07) is 15.3. The van der Waals surface area contributed by atoms with Gasteiger partial charge in [0.15, 0.2) is 24.3 Å². The van der Waals surface area contributed by atoms with Gasteiger partial charge in [0.25, 0.3) is 0 Å². The van der Waals surface area contributed by atoms with Gasteiger partial charge in [-0.15, -0.1) is 0 Å². The van der Waals surface area contributed by atoms with E-state index in [4.69, 9.17) is 28.2 Å². The highest BCUT2D eigenvalue weighted by atomic mass is 31.2. The van der Waals surface area contributed by atoms with Crippen LogP contribution in [-0.4, -0.2) is 125 Å². The van der Waals surface area contributed by atoms with Gasteiger partial charge in [-0.05, 0) is 138 Å². The molecular weight excluding hydrogens is 1000 g/mol. The number of benzene rings is 2. The molecule has 10 atom stereocenters. The lowest BCUT2D eigenvalue weighted by atomic mass is 9.46. The molecule has 2 aromatic rings. The number of unbranched alkanes of at least 4 members (excludes halogenated alkanes) is 4. The highest BCUT2D eigenvalue weighted by Crippen LogP contribution is 2.70. The standard InChI is InChI=1S/C60H87N2O14P/c1-5-62(6-2,40-45-35-44(24-27-52(45)76-77(68,69)70)51(65)39-61-30-16-7-8-17-32-71-33-18-15-21-42-19-11-9-12-20-42)31-34-72-57(67)73-41-53(66)60-54(74-56(75-60)43-22-13-10-14-23-43)37-49-48-26-25-46-36-47(63)28-29-58(46,3)55(48)50(64)38-59(49,60)4/h9,11-12,19-20,24,27-29,35-36,43,48-51,54-56,61,64-65H,5-8,10,13-18,21-23,25-26,30-34,37-41H2,1-4H3,(H-,68,69,70)/p+1/t48-,49-,50-,51?,54+,55+,56+,58-,59-,60+/m0/s1. The molecule has 17 heteroatoms. The van der Waals surface area contributed by atoms with Gasteiger partial charge in [-0.2, -0.15) is 0 Å². The van der Waals surface area contributed by atoms with Crippen LogP contribution in [0.4, 0.5) is 4.79 Å². The molecule has 0 aromatic heterocycles. The number of rotatable bonds is 28. The molecule has 0 amide bonds. The molecular formula is C60H88N2O14P+. The van der Waals surface area contributed by atoms with Crippen molar-refractivity contribution < 1.29 is 71.6 Å². The fraction of sp³-hybridized carbons (Fsp3) is 0.683. The molecule has 6 aliphatic rings. The number of Topliss-reactive ketones (excluding diaryl/α,β-unsaturated/α-hetero) is 1. The first-order chi connectivity index (χ1) is 36.9. The third kappa shape index (κ3) is 13.7. The first-order valence-electron chi connectivity index (χ1n) is 29.0. The van der Waals surface area contributed by atoms with Crippen molar-refractivity contribution in [3.63, 3.8) is 0 Å². The Kier molecular flexibility index (Phi) is 20.2. The quantitative estimate of drug-likeness (QED) is 0.0232. The predicted octanol–water partition coefficient (Wildman–Crippen LogP) is 9.41. The first kappa shape index (κ1) is 59.3. The van der Waals surface area contributed by atoms with Gasteiger partial charge in [-0.25, -0.2) is 9.36 Å². The Balaban J connectivity index is 0.836.